The molecule has 0 spiro atoms. The van der Waals surface area contributed by atoms with Crippen LogP contribution in [0.4, 0.5) is 0 Å². The molecule has 0 saturated heterocycles. The van der Waals surface area contributed by atoms with E-state index in [1.807, 2.05) is 24.3 Å². The first-order valence-electron chi connectivity index (χ1n) is 7.76. The van der Waals surface area contributed by atoms with Crippen molar-refractivity contribution in [2.45, 2.75) is 46.1 Å². The van der Waals surface area contributed by atoms with E-state index in [1.54, 1.807) is 6.07 Å². The summed E-state index contributed by atoms with van der Waals surface area (Å²) in [6.45, 7) is 4.79. The molecule has 0 aliphatic rings. The summed E-state index contributed by atoms with van der Waals surface area (Å²) in [6.07, 6.45) is 4.36. The van der Waals surface area contributed by atoms with Gasteiger partial charge >= 0.3 is 0 Å². The van der Waals surface area contributed by atoms with Crippen molar-refractivity contribution in [2.75, 3.05) is 0 Å². The van der Waals surface area contributed by atoms with E-state index in [2.05, 4.69) is 26.0 Å². The minimum atomic E-state index is 0.291. The Bertz CT molecular complexity index is 576. The fraction of sp³-hybridized carbons (Fsp3) is 0.368. The van der Waals surface area contributed by atoms with Gasteiger partial charge in [0, 0.05) is 5.56 Å². The number of para-hydroxylation sites is 1. The summed E-state index contributed by atoms with van der Waals surface area (Å²) in [5.74, 6) is 1.24. The number of phenolic OH excluding ortho intramolecular Hbond substituents is 1. The Morgan fingerprint density at radius 3 is 2.29 bits per heavy atom. The van der Waals surface area contributed by atoms with Gasteiger partial charge in [-0.05, 0) is 36.1 Å². The van der Waals surface area contributed by atoms with E-state index >= 15 is 0 Å². The van der Waals surface area contributed by atoms with Crippen molar-refractivity contribution in [1.82, 2.24) is 0 Å². The molecule has 112 valence electrons. The predicted molar refractivity (Wildman–Crippen MR) is 86.9 cm³/mol. The smallest absolute Gasteiger partial charge is 0.123 e. The van der Waals surface area contributed by atoms with E-state index in [-0.39, 0.29) is 0 Å². The third-order valence-electron chi connectivity index (χ3n) is 3.62. The molecular formula is C19H24O2. The minimum absolute atomic E-state index is 0.291. The molecule has 0 atom stereocenters. The van der Waals surface area contributed by atoms with Gasteiger partial charge in [0.05, 0.1) is 0 Å². The van der Waals surface area contributed by atoms with Crippen LogP contribution in [0.25, 0.3) is 0 Å². The lowest BCUT2D eigenvalue weighted by Crippen LogP contribution is -2.02. The van der Waals surface area contributed by atoms with Gasteiger partial charge in [0.15, 0.2) is 0 Å². The molecule has 21 heavy (non-hydrogen) atoms. The van der Waals surface area contributed by atoms with E-state index in [0.29, 0.717) is 12.4 Å². The molecule has 2 nitrogen and oxygen atoms in total. The third kappa shape index (κ3) is 4.01. The van der Waals surface area contributed by atoms with Crippen LogP contribution in [0.5, 0.6) is 11.5 Å². The summed E-state index contributed by atoms with van der Waals surface area (Å²) < 4.78 is 5.98. The molecule has 0 amide bonds. The molecule has 0 heterocycles. The Morgan fingerprint density at radius 2 is 1.57 bits per heavy atom. The van der Waals surface area contributed by atoms with E-state index in [0.717, 1.165) is 37.0 Å². The summed E-state index contributed by atoms with van der Waals surface area (Å²) in [5.41, 5.74) is 3.52. The Labute approximate surface area is 127 Å². The highest BCUT2D eigenvalue weighted by atomic mass is 16.5. The zero-order chi connectivity index (χ0) is 15.1. The second-order valence-electron chi connectivity index (χ2n) is 5.31. The number of benzene rings is 2. The number of rotatable bonds is 7. The Balaban J connectivity index is 2.19. The fourth-order valence-electron chi connectivity index (χ4n) is 2.57. The van der Waals surface area contributed by atoms with Crippen LogP contribution in [-0.2, 0) is 19.4 Å². The monoisotopic (exact) mass is 284 g/mol. The quantitative estimate of drug-likeness (QED) is 0.785. The number of hydrogen-bond donors (Lipinski definition) is 1. The number of phenols is 1. The molecule has 0 aromatic heterocycles. The Morgan fingerprint density at radius 1 is 0.857 bits per heavy atom. The standard InChI is InChI=1S/C19H24O2/c1-3-8-15-11-7-13-19(17(15)9-4-2)21-14-16-10-5-6-12-18(16)20/h5-7,10-13,20H,3-4,8-9,14H2,1-2H3. The zero-order valence-electron chi connectivity index (χ0n) is 12.9. The molecule has 0 aliphatic carbocycles. The molecule has 2 aromatic carbocycles. The molecule has 0 aliphatic heterocycles. The van der Waals surface area contributed by atoms with Crippen LogP contribution in [0.3, 0.4) is 0 Å². The topological polar surface area (TPSA) is 29.5 Å². The van der Waals surface area contributed by atoms with Crippen molar-refractivity contribution in [3.63, 3.8) is 0 Å². The first-order chi connectivity index (χ1) is 10.3. The van der Waals surface area contributed by atoms with Crippen molar-refractivity contribution >= 4 is 0 Å². The van der Waals surface area contributed by atoms with Crippen LogP contribution in [0, 0.1) is 0 Å². The minimum Gasteiger partial charge on any atom is -0.508 e. The normalized spacial score (nSPS) is 10.6. The lowest BCUT2D eigenvalue weighted by atomic mass is 9.98. The Hall–Kier alpha value is -1.96. The lowest BCUT2D eigenvalue weighted by molar-refractivity contribution is 0.295. The zero-order valence-corrected chi connectivity index (χ0v) is 12.9. The maximum Gasteiger partial charge on any atom is 0.123 e. The highest BCUT2D eigenvalue weighted by Gasteiger charge is 2.09. The van der Waals surface area contributed by atoms with Crippen LogP contribution < -0.4 is 4.74 Å². The van der Waals surface area contributed by atoms with Crippen molar-refractivity contribution in [3.8, 4) is 11.5 Å². The van der Waals surface area contributed by atoms with Crippen LogP contribution in [0.15, 0.2) is 42.5 Å². The summed E-state index contributed by atoms with van der Waals surface area (Å²) in [6, 6.07) is 13.6. The number of ether oxygens (including phenoxy) is 1. The maximum atomic E-state index is 9.82. The summed E-state index contributed by atoms with van der Waals surface area (Å²) in [4.78, 5) is 0. The average molecular weight is 284 g/mol. The van der Waals surface area contributed by atoms with Gasteiger partial charge < -0.3 is 9.84 Å². The molecule has 0 bridgehead atoms. The SMILES string of the molecule is CCCc1cccc(OCc2ccccc2O)c1CCC. The first kappa shape index (κ1) is 15.4. The number of hydrogen-bond acceptors (Lipinski definition) is 2. The van der Waals surface area contributed by atoms with Gasteiger partial charge in [-0.1, -0.05) is 57.0 Å². The van der Waals surface area contributed by atoms with Crippen LogP contribution >= 0.6 is 0 Å². The lowest BCUT2D eigenvalue weighted by Gasteiger charge is -2.15. The molecule has 0 fully saturated rings. The van der Waals surface area contributed by atoms with Crippen molar-refractivity contribution < 1.29 is 9.84 Å². The van der Waals surface area contributed by atoms with Gasteiger partial charge in [-0.3, -0.25) is 0 Å². The van der Waals surface area contributed by atoms with Crippen LogP contribution in [0.1, 0.15) is 43.4 Å². The second kappa shape index (κ2) is 7.72. The van der Waals surface area contributed by atoms with E-state index in [4.69, 9.17) is 4.74 Å². The van der Waals surface area contributed by atoms with Crippen molar-refractivity contribution in [1.29, 1.82) is 0 Å². The van der Waals surface area contributed by atoms with Gasteiger partial charge in [0.25, 0.3) is 0 Å². The molecule has 1 N–H and O–H groups in total. The molecule has 0 radical (unpaired) electrons. The molecule has 2 rings (SSSR count). The van der Waals surface area contributed by atoms with Crippen molar-refractivity contribution in [2.24, 2.45) is 0 Å². The van der Waals surface area contributed by atoms with Gasteiger partial charge in [-0.2, -0.15) is 0 Å². The van der Waals surface area contributed by atoms with E-state index < -0.39 is 0 Å². The van der Waals surface area contributed by atoms with Crippen molar-refractivity contribution in [3.05, 3.63) is 59.2 Å². The highest BCUT2D eigenvalue weighted by Crippen LogP contribution is 2.27. The fourth-order valence-corrected chi connectivity index (χ4v) is 2.57. The van der Waals surface area contributed by atoms with Gasteiger partial charge in [0.2, 0.25) is 0 Å². The molecule has 0 unspecified atom stereocenters. The maximum absolute atomic E-state index is 9.82. The number of aromatic hydroxyl groups is 1. The summed E-state index contributed by atoms with van der Waals surface area (Å²) >= 11 is 0. The average Bonchev–Trinajstić information content (AvgIpc) is 2.49. The molecule has 0 saturated carbocycles. The largest absolute Gasteiger partial charge is 0.508 e. The van der Waals surface area contributed by atoms with Gasteiger partial charge in [-0.15, -0.1) is 0 Å². The number of aryl methyl sites for hydroxylation is 1. The van der Waals surface area contributed by atoms with Gasteiger partial charge in [-0.25, -0.2) is 0 Å². The first-order valence-corrected chi connectivity index (χ1v) is 7.76. The molecular weight excluding hydrogens is 260 g/mol. The third-order valence-corrected chi connectivity index (χ3v) is 3.62. The highest BCUT2D eigenvalue weighted by molar-refractivity contribution is 5.41. The second-order valence-corrected chi connectivity index (χ2v) is 5.31. The summed E-state index contributed by atoms with van der Waals surface area (Å²) in [7, 11) is 0. The van der Waals surface area contributed by atoms with Gasteiger partial charge in [0.1, 0.15) is 18.1 Å². The Kier molecular flexibility index (Phi) is 5.68. The van der Waals surface area contributed by atoms with E-state index in [9.17, 15) is 5.11 Å². The van der Waals surface area contributed by atoms with Crippen LogP contribution in [0.2, 0.25) is 0 Å². The van der Waals surface area contributed by atoms with Crippen LogP contribution in [-0.4, -0.2) is 5.11 Å². The molecule has 2 heteroatoms. The summed E-state index contributed by atoms with van der Waals surface area (Å²) in [5, 5.41) is 9.82. The predicted octanol–water partition coefficient (Wildman–Crippen LogP) is 4.88. The molecule has 2 aromatic rings. The van der Waals surface area contributed by atoms with E-state index in [1.165, 1.54) is 11.1 Å².